The molecule has 1 fully saturated rings. The lowest BCUT2D eigenvalue weighted by molar-refractivity contribution is -0.126. The van der Waals surface area contributed by atoms with Gasteiger partial charge in [-0.2, -0.15) is 9.94 Å². The van der Waals surface area contributed by atoms with Gasteiger partial charge in [0.1, 0.15) is 12.1 Å². The van der Waals surface area contributed by atoms with Gasteiger partial charge in [-0.05, 0) is 43.7 Å². The minimum Gasteiger partial charge on any atom is -0.494 e. The number of carbonyl (C=O) groups is 4. The SMILES string of the molecule is CCOCCOCCOCCOCCC(=O)NCCC[C@H](CO)NC(=O)c1ncn(-c2ncc(OC)c3c(C(=O)C(=O)N4CCC(=C(C#N)c5ccccc5)CC4)c[nH]c23)n1. The Morgan fingerprint density at radius 1 is 0.967 bits per heavy atom. The minimum absolute atomic E-state index is 0.0740. The Morgan fingerprint density at radius 2 is 1.66 bits per heavy atom. The highest BCUT2D eigenvalue weighted by molar-refractivity contribution is 6.45. The second kappa shape index (κ2) is 24.3. The second-order valence-corrected chi connectivity index (χ2v) is 13.8. The number of H-pyrrole nitrogens is 1. The molecule has 1 aromatic carbocycles. The van der Waals surface area contributed by atoms with Crippen molar-refractivity contribution < 1.29 is 48.0 Å². The quantitative estimate of drug-likeness (QED) is 0.0324. The van der Waals surface area contributed by atoms with Gasteiger partial charge in [0.15, 0.2) is 5.82 Å². The number of nitrogens with one attached hydrogen (secondary N) is 3. The number of aliphatic hydroxyl groups is 1. The summed E-state index contributed by atoms with van der Waals surface area (Å²) in [7, 11) is 1.42. The van der Waals surface area contributed by atoms with E-state index < -0.39 is 23.6 Å². The van der Waals surface area contributed by atoms with Crippen LogP contribution in [0.5, 0.6) is 5.75 Å². The summed E-state index contributed by atoms with van der Waals surface area (Å²) in [5, 5.41) is 29.9. The number of aliphatic hydroxyl groups excluding tert-OH is 1. The number of pyridine rings is 1. The Labute approximate surface area is 353 Å². The number of carbonyl (C=O) groups excluding carboxylic acids is 4. The van der Waals surface area contributed by atoms with Gasteiger partial charge in [0.25, 0.3) is 17.6 Å². The molecule has 0 spiro atoms. The van der Waals surface area contributed by atoms with Crippen molar-refractivity contribution in [2.24, 2.45) is 0 Å². The zero-order chi connectivity index (χ0) is 43.4. The molecule has 326 valence electrons. The normalized spacial score (nSPS) is 13.1. The number of likely N-dealkylation sites (tertiary alicyclic amines) is 1. The number of Topliss-reactive ketones (excluding diaryl/α,β-unsaturated/α-hetero) is 1. The van der Waals surface area contributed by atoms with Crippen molar-refractivity contribution in [1.29, 1.82) is 5.26 Å². The molecular formula is C42H53N9O10. The third-order valence-electron chi connectivity index (χ3n) is 9.81. The molecule has 5 rings (SSSR count). The van der Waals surface area contributed by atoms with E-state index in [0.29, 0.717) is 95.0 Å². The first-order valence-electron chi connectivity index (χ1n) is 20.3. The predicted molar refractivity (Wildman–Crippen MR) is 221 cm³/mol. The van der Waals surface area contributed by atoms with Crippen LogP contribution in [0.1, 0.15) is 65.6 Å². The molecular weight excluding hydrogens is 791 g/mol. The van der Waals surface area contributed by atoms with Crippen LogP contribution in [0.15, 0.2) is 54.6 Å². The van der Waals surface area contributed by atoms with Crippen molar-refractivity contribution >= 4 is 40.0 Å². The first kappa shape index (κ1) is 46.0. The molecule has 1 atom stereocenters. The monoisotopic (exact) mass is 843 g/mol. The van der Waals surface area contributed by atoms with Gasteiger partial charge < -0.3 is 49.3 Å². The van der Waals surface area contributed by atoms with E-state index >= 15 is 0 Å². The number of piperidine rings is 1. The largest absolute Gasteiger partial charge is 0.494 e. The smallest absolute Gasteiger partial charge is 0.295 e. The molecule has 19 nitrogen and oxygen atoms in total. The lowest BCUT2D eigenvalue weighted by Gasteiger charge is -2.28. The third-order valence-corrected chi connectivity index (χ3v) is 9.81. The molecule has 0 radical (unpaired) electrons. The zero-order valence-corrected chi connectivity index (χ0v) is 34.5. The standard InChI is InChI=1S/C42H53N9O10/c1-3-58-18-19-60-22-23-61-21-20-59-17-13-35(53)44-14-7-10-31(27-52)48-41(55)39-47-28-51(49-39)40-37-36(34(57-2)26-46-40)33(25-45-37)38(54)42(56)50-15-11-30(12-16-50)32(24-43)29-8-5-4-6-9-29/h4-6,8-9,25-26,28,31,45,52H,3,7,10-23,27H2,1-2H3,(H,44,53)(H,48,55)/t31-/m1/s1. The lowest BCUT2D eigenvalue weighted by atomic mass is 9.93. The Hall–Kier alpha value is -6.04. The second-order valence-electron chi connectivity index (χ2n) is 13.8. The van der Waals surface area contributed by atoms with Crippen LogP contribution in [-0.2, 0) is 28.5 Å². The molecule has 4 N–H and O–H groups in total. The number of methoxy groups -OCH3 is 1. The molecule has 4 heterocycles. The number of allylic oxidation sites excluding steroid dienone is 1. The number of hydrogen-bond donors (Lipinski definition) is 4. The summed E-state index contributed by atoms with van der Waals surface area (Å²) in [5.74, 6) is -2.02. The van der Waals surface area contributed by atoms with E-state index in [4.69, 9.17) is 23.7 Å². The average molecular weight is 844 g/mol. The van der Waals surface area contributed by atoms with Crippen LogP contribution in [-0.4, -0.2) is 150 Å². The number of nitrogens with zero attached hydrogens (tertiary/aromatic N) is 6. The van der Waals surface area contributed by atoms with Gasteiger partial charge in [-0.15, -0.1) is 5.10 Å². The van der Waals surface area contributed by atoms with Gasteiger partial charge in [0, 0.05) is 38.9 Å². The van der Waals surface area contributed by atoms with E-state index in [2.05, 4.69) is 36.8 Å². The van der Waals surface area contributed by atoms with Gasteiger partial charge in [-0.25, -0.2) is 9.97 Å². The topological polar surface area (TPSA) is 245 Å². The van der Waals surface area contributed by atoms with Crippen LogP contribution in [0.2, 0.25) is 0 Å². The molecule has 1 aliphatic rings. The van der Waals surface area contributed by atoms with Crippen molar-refractivity contribution in [2.75, 3.05) is 86.2 Å². The van der Waals surface area contributed by atoms with Crippen LogP contribution in [0.4, 0.5) is 0 Å². The van der Waals surface area contributed by atoms with Crippen molar-refractivity contribution in [3.63, 3.8) is 0 Å². The fourth-order valence-electron chi connectivity index (χ4n) is 6.61. The molecule has 3 amide bonds. The van der Waals surface area contributed by atoms with Crippen LogP contribution < -0.4 is 15.4 Å². The van der Waals surface area contributed by atoms with Gasteiger partial charge in [-0.3, -0.25) is 19.2 Å². The first-order valence-corrected chi connectivity index (χ1v) is 20.3. The number of hydrogen-bond acceptors (Lipinski definition) is 14. The van der Waals surface area contributed by atoms with E-state index in [-0.39, 0.29) is 61.6 Å². The number of rotatable bonds is 25. The minimum atomic E-state index is -0.746. The van der Waals surface area contributed by atoms with E-state index in [0.717, 1.165) is 11.1 Å². The summed E-state index contributed by atoms with van der Waals surface area (Å²) in [6.45, 7) is 6.13. The summed E-state index contributed by atoms with van der Waals surface area (Å²) < 4.78 is 28.2. The van der Waals surface area contributed by atoms with Crippen molar-refractivity contribution in [1.82, 2.24) is 40.3 Å². The highest BCUT2D eigenvalue weighted by Crippen LogP contribution is 2.32. The van der Waals surface area contributed by atoms with Gasteiger partial charge in [0.2, 0.25) is 11.7 Å². The van der Waals surface area contributed by atoms with E-state index in [1.807, 2.05) is 37.3 Å². The summed E-state index contributed by atoms with van der Waals surface area (Å²) in [4.78, 5) is 65.6. The molecule has 61 heavy (non-hydrogen) atoms. The first-order chi connectivity index (χ1) is 29.8. The number of ether oxygens (including phenoxy) is 5. The Morgan fingerprint density at radius 3 is 2.31 bits per heavy atom. The highest BCUT2D eigenvalue weighted by Gasteiger charge is 2.30. The van der Waals surface area contributed by atoms with E-state index in [9.17, 15) is 29.5 Å². The van der Waals surface area contributed by atoms with Gasteiger partial charge in [-0.1, -0.05) is 30.3 Å². The number of ketones is 1. The maximum Gasteiger partial charge on any atom is 0.295 e. The van der Waals surface area contributed by atoms with E-state index in [1.54, 1.807) is 0 Å². The molecule has 0 unspecified atom stereocenters. The number of fused-ring (bicyclic) bond motifs is 1. The predicted octanol–water partition coefficient (Wildman–Crippen LogP) is 2.40. The maximum absolute atomic E-state index is 13.7. The number of amides is 3. The van der Waals surface area contributed by atoms with Crippen LogP contribution in [0.25, 0.3) is 22.3 Å². The molecule has 1 saturated heterocycles. The fraction of sp³-hybridized carbons (Fsp3) is 0.476. The van der Waals surface area contributed by atoms with Gasteiger partial charge >= 0.3 is 0 Å². The molecule has 4 aromatic rings. The Bertz CT molecular complexity index is 2140. The van der Waals surface area contributed by atoms with Crippen molar-refractivity contribution in [3.8, 4) is 17.6 Å². The highest BCUT2D eigenvalue weighted by atomic mass is 16.6. The Balaban J connectivity index is 1.08. The summed E-state index contributed by atoms with van der Waals surface area (Å²) in [5.41, 5.74) is 2.74. The zero-order valence-electron chi connectivity index (χ0n) is 34.5. The number of benzene rings is 1. The van der Waals surface area contributed by atoms with Crippen LogP contribution in [0.3, 0.4) is 0 Å². The summed E-state index contributed by atoms with van der Waals surface area (Å²) in [6, 6.07) is 11.0. The molecule has 19 heteroatoms. The summed E-state index contributed by atoms with van der Waals surface area (Å²) in [6.07, 6.45) is 6.03. The molecule has 0 saturated carbocycles. The van der Waals surface area contributed by atoms with Gasteiger partial charge in [0.05, 0.1) is 100 Å². The van der Waals surface area contributed by atoms with Crippen molar-refractivity contribution in [3.05, 3.63) is 71.6 Å². The maximum atomic E-state index is 13.7. The number of aromatic nitrogens is 5. The van der Waals surface area contributed by atoms with Crippen LogP contribution >= 0.6 is 0 Å². The number of nitriles is 1. The lowest BCUT2D eigenvalue weighted by Crippen LogP contribution is -2.40. The summed E-state index contributed by atoms with van der Waals surface area (Å²) >= 11 is 0. The average Bonchev–Trinajstić information content (AvgIpc) is 3.97. The third kappa shape index (κ3) is 13.0. The molecule has 0 bridgehead atoms. The molecule has 0 aliphatic carbocycles. The Kier molecular flexibility index (Phi) is 18.3. The van der Waals surface area contributed by atoms with Crippen molar-refractivity contribution in [2.45, 2.75) is 45.1 Å². The fourth-order valence-corrected chi connectivity index (χ4v) is 6.61. The molecule has 3 aromatic heterocycles. The van der Waals surface area contributed by atoms with E-state index in [1.165, 1.54) is 35.4 Å². The number of aromatic amines is 1. The van der Waals surface area contributed by atoms with Crippen LogP contribution in [0, 0.1) is 11.3 Å². The molecule has 1 aliphatic heterocycles.